The molecule has 1 aliphatic heterocycles. The Labute approximate surface area is 156 Å². The van der Waals surface area contributed by atoms with Crippen LogP contribution in [0.25, 0.3) is 0 Å². The molecule has 1 aliphatic rings. The average Bonchev–Trinajstić information content (AvgIpc) is 2.67. The Bertz CT molecular complexity index is 542. The maximum absolute atomic E-state index is 11.9. The van der Waals surface area contributed by atoms with Crippen LogP contribution in [0, 0.1) is 0 Å². The number of aryl methyl sites for hydroxylation is 1. The van der Waals surface area contributed by atoms with Gasteiger partial charge in [0.05, 0.1) is 6.61 Å². The lowest BCUT2D eigenvalue weighted by atomic mass is 10.1. The number of carbonyl (C=O) groups is 2. The Morgan fingerprint density at radius 3 is 2.58 bits per heavy atom. The van der Waals surface area contributed by atoms with Gasteiger partial charge in [-0.25, -0.2) is 4.79 Å². The van der Waals surface area contributed by atoms with Crippen LogP contribution in [-0.4, -0.2) is 55.7 Å². The van der Waals surface area contributed by atoms with Crippen molar-refractivity contribution in [1.29, 1.82) is 0 Å². The Morgan fingerprint density at radius 2 is 1.88 bits per heavy atom. The fourth-order valence-electron chi connectivity index (χ4n) is 3.12. The number of amides is 2. The Morgan fingerprint density at radius 1 is 1.15 bits per heavy atom. The van der Waals surface area contributed by atoms with E-state index in [1.165, 1.54) is 5.56 Å². The molecule has 0 radical (unpaired) electrons. The molecule has 144 valence electrons. The molecule has 1 saturated heterocycles. The number of piperidine rings is 1. The second-order valence-electron chi connectivity index (χ2n) is 6.60. The number of benzene rings is 1. The number of hydrogen-bond acceptors (Lipinski definition) is 4. The third kappa shape index (κ3) is 7.44. The highest BCUT2D eigenvalue weighted by atomic mass is 16.6. The fraction of sp³-hybridized carbons (Fsp3) is 0.600. The molecule has 6 nitrogen and oxygen atoms in total. The molecule has 0 aromatic heterocycles. The van der Waals surface area contributed by atoms with E-state index < -0.39 is 0 Å². The van der Waals surface area contributed by atoms with Gasteiger partial charge >= 0.3 is 6.09 Å². The second kappa shape index (κ2) is 11.5. The number of carbonyl (C=O) groups excluding carboxylic acids is 2. The van der Waals surface area contributed by atoms with Crippen LogP contribution < -0.4 is 10.6 Å². The maximum atomic E-state index is 11.9. The van der Waals surface area contributed by atoms with Gasteiger partial charge < -0.3 is 20.3 Å². The van der Waals surface area contributed by atoms with E-state index in [-0.39, 0.29) is 12.0 Å². The SMILES string of the molecule is CCOC(=O)N1CCC(NCCC(=O)NCCCc2ccccc2)CC1. The molecule has 1 heterocycles. The van der Waals surface area contributed by atoms with E-state index >= 15 is 0 Å². The molecule has 26 heavy (non-hydrogen) atoms. The molecule has 1 aromatic carbocycles. The number of rotatable bonds is 9. The maximum Gasteiger partial charge on any atom is 0.409 e. The summed E-state index contributed by atoms with van der Waals surface area (Å²) in [5.74, 6) is 0.0921. The number of nitrogens with one attached hydrogen (secondary N) is 2. The van der Waals surface area contributed by atoms with Gasteiger partial charge in [-0.05, 0) is 38.2 Å². The molecule has 0 atom stereocenters. The van der Waals surface area contributed by atoms with Crippen molar-refractivity contribution in [1.82, 2.24) is 15.5 Å². The number of likely N-dealkylation sites (tertiary alicyclic amines) is 1. The monoisotopic (exact) mass is 361 g/mol. The highest BCUT2D eigenvalue weighted by Gasteiger charge is 2.23. The van der Waals surface area contributed by atoms with E-state index in [1.807, 2.05) is 25.1 Å². The summed E-state index contributed by atoms with van der Waals surface area (Å²) in [4.78, 5) is 25.3. The molecule has 2 rings (SSSR count). The minimum absolute atomic E-state index is 0.0921. The molecule has 0 unspecified atom stereocenters. The van der Waals surface area contributed by atoms with Crippen molar-refractivity contribution in [3.63, 3.8) is 0 Å². The second-order valence-corrected chi connectivity index (χ2v) is 6.60. The van der Waals surface area contributed by atoms with Gasteiger partial charge in [0.2, 0.25) is 5.91 Å². The summed E-state index contributed by atoms with van der Waals surface area (Å²) >= 11 is 0. The highest BCUT2D eigenvalue weighted by Crippen LogP contribution is 2.11. The molecule has 0 bridgehead atoms. The molecule has 2 amide bonds. The van der Waals surface area contributed by atoms with Gasteiger partial charge in [-0.2, -0.15) is 0 Å². The Balaban J connectivity index is 1.49. The van der Waals surface area contributed by atoms with Gasteiger partial charge in [0.1, 0.15) is 0 Å². The van der Waals surface area contributed by atoms with Gasteiger partial charge in [-0.1, -0.05) is 30.3 Å². The zero-order valence-electron chi connectivity index (χ0n) is 15.7. The van der Waals surface area contributed by atoms with Crippen molar-refractivity contribution < 1.29 is 14.3 Å². The predicted molar refractivity (Wildman–Crippen MR) is 102 cm³/mol. The summed E-state index contributed by atoms with van der Waals surface area (Å²) in [5, 5.41) is 6.40. The first-order chi connectivity index (χ1) is 12.7. The molecule has 2 N–H and O–H groups in total. The zero-order chi connectivity index (χ0) is 18.6. The number of ether oxygens (including phenoxy) is 1. The van der Waals surface area contributed by atoms with Crippen molar-refractivity contribution in [2.75, 3.05) is 32.8 Å². The third-order valence-electron chi connectivity index (χ3n) is 4.61. The Hall–Kier alpha value is -2.08. The smallest absolute Gasteiger partial charge is 0.409 e. The van der Waals surface area contributed by atoms with Gasteiger partial charge in [0, 0.05) is 38.6 Å². The van der Waals surface area contributed by atoms with Crippen LogP contribution >= 0.6 is 0 Å². The van der Waals surface area contributed by atoms with Crippen molar-refractivity contribution in [3.8, 4) is 0 Å². The average molecular weight is 361 g/mol. The summed E-state index contributed by atoms with van der Waals surface area (Å²) in [6, 6.07) is 10.7. The molecular formula is C20H31N3O3. The van der Waals surface area contributed by atoms with E-state index in [9.17, 15) is 9.59 Å². The van der Waals surface area contributed by atoms with Gasteiger partial charge in [0.15, 0.2) is 0 Å². The Kier molecular flexibility index (Phi) is 8.96. The van der Waals surface area contributed by atoms with E-state index in [2.05, 4.69) is 22.8 Å². The minimum atomic E-state index is -0.221. The molecule has 1 aromatic rings. The van der Waals surface area contributed by atoms with Crippen molar-refractivity contribution in [3.05, 3.63) is 35.9 Å². The quantitative estimate of drug-likeness (QED) is 0.662. The molecule has 0 aliphatic carbocycles. The first kappa shape index (κ1) is 20.2. The van der Waals surface area contributed by atoms with E-state index in [4.69, 9.17) is 4.74 Å². The van der Waals surface area contributed by atoms with Crippen LogP contribution in [-0.2, 0) is 16.0 Å². The third-order valence-corrected chi connectivity index (χ3v) is 4.61. The minimum Gasteiger partial charge on any atom is -0.450 e. The van der Waals surface area contributed by atoms with Crippen LogP contribution in [0.2, 0.25) is 0 Å². The van der Waals surface area contributed by atoms with Gasteiger partial charge in [-0.15, -0.1) is 0 Å². The van der Waals surface area contributed by atoms with E-state index in [0.29, 0.717) is 45.2 Å². The van der Waals surface area contributed by atoms with Crippen LogP contribution in [0.5, 0.6) is 0 Å². The summed E-state index contributed by atoms with van der Waals surface area (Å²) in [5.41, 5.74) is 1.30. The lowest BCUT2D eigenvalue weighted by molar-refractivity contribution is -0.121. The van der Waals surface area contributed by atoms with Crippen LogP contribution in [0.15, 0.2) is 30.3 Å². The van der Waals surface area contributed by atoms with Crippen molar-refractivity contribution >= 4 is 12.0 Å². The summed E-state index contributed by atoms with van der Waals surface area (Å²) in [6.45, 7) is 5.04. The van der Waals surface area contributed by atoms with Crippen LogP contribution in [0.3, 0.4) is 0 Å². The van der Waals surface area contributed by atoms with Gasteiger partial charge in [0.25, 0.3) is 0 Å². The largest absolute Gasteiger partial charge is 0.450 e. The molecular weight excluding hydrogens is 330 g/mol. The zero-order valence-corrected chi connectivity index (χ0v) is 15.7. The topological polar surface area (TPSA) is 70.7 Å². The molecule has 6 heteroatoms. The number of hydrogen-bond donors (Lipinski definition) is 2. The first-order valence-electron chi connectivity index (χ1n) is 9.64. The molecule has 0 spiro atoms. The van der Waals surface area contributed by atoms with E-state index in [1.54, 1.807) is 4.90 Å². The van der Waals surface area contributed by atoms with E-state index in [0.717, 1.165) is 25.7 Å². The van der Waals surface area contributed by atoms with Crippen LogP contribution in [0.4, 0.5) is 4.79 Å². The summed E-state index contributed by atoms with van der Waals surface area (Å²) < 4.78 is 5.02. The van der Waals surface area contributed by atoms with Crippen molar-refractivity contribution in [2.45, 2.75) is 45.1 Å². The number of nitrogens with zero attached hydrogens (tertiary/aromatic N) is 1. The molecule has 0 saturated carbocycles. The highest BCUT2D eigenvalue weighted by molar-refractivity contribution is 5.76. The van der Waals surface area contributed by atoms with Gasteiger partial charge in [-0.3, -0.25) is 4.79 Å². The molecule has 1 fully saturated rings. The predicted octanol–water partition coefficient (Wildman–Crippen LogP) is 2.34. The normalized spacial score (nSPS) is 14.9. The summed E-state index contributed by atoms with van der Waals surface area (Å²) in [7, 11) is 0. The standard InChI is InChI=1S/C20H31N3O3/c1-2-26-20(25)23-15-11-18(12-16-23)21-14-10-19(24)22-13-6-9-17-7-4-3-5-8-17/h3-5,7-8,18,21H,2,6,9-16H2,1H3,(H,22,24). The fourth-order valence-corrected chi connectivity index (χ4v) is 3.12. The lowest BCUT2D eigenvalue weighted by Gasteiger charge is -2.31. The lowest BCUT2D eigenvalue weighted by Crippen LogP contribution is -2.45. The van der Waals surface area contributed by atoms with Crippen LogP contribution in [0.1, 0.15) is 38.2 Å². The summed E-state index contributed by atoms with van der Waals surface area (Å²) in [6.07, 6.45) is 4.01. The van der Waals surface area contributed by atoms with Crippen molar-refractivity contribution in [2.24, 2.45) is 0 Å². The first-order valence-corrected chi connectivity index (χ1v) is 9.64.